The van der Waals surface area contributed by atoms with Crippen molar-refractivity contribution in [2.24, 2.45) is 23.7 Å². The Bertz CT molecular complexity index is 233. The largest absolute Gasteiger partial charge is 0.381 e. The van der Waals surface area contributed by atoms with Crippen LogP contribution in [0.25, 0.3) is 0 Å². The zero-order chi connectivity index (χ0) is 11.5. The van der Waals surface area contributed by atoms with Gasteiger partial charge >= 0.3 is 0 Å². The molecule has 2 nitrogen and oxygen atoms in total. The van der Waals surface area contributed by atoms with Gasteiger partial charge in [0.15, 0.2) is 0 Å². The summed E-state index contributed by atoms with van der Waals surface area (Å²) in [6.07, 6.45) is 5.47. The third-order valence-electron chi connectivity index (χ3n) is 4.20. The number of hydrogen-bond acceptors (Lipinski definition) is 2. The highest BCUT2D eigenvalue weighted by atomic mass is 16.5. The van der Waals surface area contributed by atoms with Gasteiger partial charge in [0.25, 0.3) is 0 Å². The van der Waals surface area contributed by atoms with Gasteiger partial charge in [-0.2, -0.15) is 0 Å². The molecular formula is C14H24O2. The predicted molar refractivity (Wildman–Crippen MR) is 64.2 cm³/mol. The van der Waals surface area contributed by atoms with Crippen molar-refractivity contribution >= 4 is 5.78 Å². The Balaban J connectivity index is 1.92. The van der Waals surface area contributed by atoms with E-state index < -0.39 is 0 Å². The van der Waals surface area contributed by atoms with Gasteiger partial charge in [-0.1, -0.05) is 13.8 Å². The summed E-state index contributed by atoms with van der Waals surface area (Å²) in [6, 6.07) is 0. The highest BCUT2D eigenvalue weighted by Gasteiger charge is 2.33. The normalized spacial score (nSPS) is 37.2. The van der Waals surface area contributed by atoms with E-state index in [0.29, 0.717) is 17.6 Å². The number of rotatable bonds is 2. The summed E-state index contributed by atoms with van der Waals surface area (Å²) in [4.78, 5) is 12.4. The summed E-state index contributed by atoms with van der Waals surface area (Å²) >= 11 is 0. The second-order valence-corrected chi connectivity index (χ2v) is 5.90. The van der Waals surface area contributed by atoms with Crippen LogP contribution < -0.4 is 0 Å². The minimum absolute atomic E-state index is 0.302. The monoisotopic (exact) mass is 224 g/mol. The van der Waals surface area contributed by atoms with E-state index in [1.807, 2.05) is 0 Å². The molecule has 2 aliphatic rings. The molecule has 0 aromatic carbocycles. The van der Waals surface area contributed by atoms with E-state index in [0.717, 1.165) is 50.7 Å². The lowest BCUT2D eigenvalue weighted by molar-refractivity contribution is -0.131. The fourth-order valence-electron chi connectivity index (χ4n) is 3.49. The predicted octanol–water partition coefficient (Wildman–Crippen LogP) is 3.05. The van der Waals surface area contributed by atoms with Gasteiger partial charge in [-0.3, -0.25) is 4.79 Å². The molecule has 0 aromatic rings. The summed E-state index contributed by atoms with van der Waals surface area (Å²) in [6.45, 7) is 6.16. The molecular weight excluding hydrogens is 200 g/mol. The summed E-state index contributed by atoms with van der Waals surface area (Å²) in [7, 11) is 0. The van der Waals surface area contributed by atoms with Gasteiger partial charge in [-0.25, -0.2) is 0 Å². The lowest BCUT2D eigenvalue weighted by Gasteiger charge is -2.33. The van der Waals surface area contributed by atoms with Crippen molar-refractivity contribution in [2.45, 2.75) is 46.0 Å². The zero-order valence-electron chi connectivity index (χ0n) is 10.6. The highest BCUT2D eigenvalue weighted by Crippen LogP contribution is 2.35. The van der Waals surface area contributed by atoms with Crippen LogP contribution in [0.5, 0.6) is 0 Å². The molecule has 92 valence electrons. The van der Waals surface area contributed by atoms with Crippen LogP contribution in [-0.2, 0) is 9.53 Å². The number of carbonyl (C=O) groups is 1. The lowest BCUT2D eigenvalue weighted by Crippen LogP contribution is -2.33. The second-order valence-electron chi connectivity index (χ2n) is 5.90. The topological polar surface area (TPSA) is 26.3 Å². The molecule has 1 aliphatic heterocycles. The molecule has 2 rings (SSSR count). The van der Waals surface area contributed by atoms with Crippen LogP contribution in [-0.4, -0.2) is 19.0 Å². The van der Waals surface area contributed by atoms with Crippen LogP contribution in [0, 0.1) is 23.7 Å². The van der Waals surface area contributed by atoms with Crippen molar-refractivity contribution in [3.8, 4) is 0 Å². The van der Waals surface area contributed by atoms with Gasteiger partial charge in [-0.05, 0) is 43.9 Å². The van der Waals surface area contributed by atoms with E-state index in [9.17, 15) is 4.79 Å². The average Bonchev–Trinajstić information content (AvgIpc) is 2.28. The Morgan fingerprint density at radius 2 is 1.50 bits per heavy atom. The Kier molecular flexibility index (Phi) is 4.01. The first-order valence-corrected chi connectivity index (χ1v) is 6.78. The highest BCUT2D eigenvalue weighted by molar-refractivity contribution is 5.83. The van der Waals surface area contributed by atoms with Crippen molar-refractivity contribution in [2.75, 3.05) is 13.2 Å². The van der Waals surface area contributed by atoms with Gasteiger partial charge < -0.3 is 4.74 Å². The van der Waals surface area contributed by atoms with E-state index >= 15 is 0 Å². The van der Waals surface area contributed by atoms with E-state index in [-0.39, 0.29) is 0 Å². The van der Waals surface area contributed by atoms with Crippen molar-refractivity contribution < 1.29 is 9.53 Å². The Labute approximate surface area is 98.7 Å². The fourth-order valence-corrected chi connectivity index (χ4v) is 3.49. The van der Waals surface area contributed by atoms with Crippen LogP contribution in [0.3, 0.4) is 0 Å². The third kappa shape index (κ3) is 2.85. The van der Waals surface area contributed by atoms with Crippen LogP contribution in [0.4, 0.5) is 0 Å². The molecule has 0 N–H and O–H groups in total. The first-order valence-electron chi connectivity index (χ1n) is 6.78. The SMILES string of the molecule is CC1CC(C)CC(C(=O)C2CCOCC2)C1. The molecule has 16 heavy (non-hydrogen) atoms. The molecule has 1 heterocycles. The molecule has 2 unspecified atom stereocenters. The average molecular weight is 224 g/mol. The Hall–Kier alpha value is -0.370. The van der Waals surface area contributed by atoms with Crippen molar-refractivity contribution in [3.63, 3.8) is 0 Å². The standard InChI is InChI=1S/C14H24O2/c1-10-7-11(2)9-13(8-10)14(15)12-3-5-16-6-4-12/h10-13H,3-9H2,1-2H3. The van der Waals surface area contributed by atoms with Crippen molar-refractivity contribution in [1.82, 2.24) is 0 Å². The van der Waals surface area contributed by atoms with Gasteiger partial charge in [0.1, 0.15) is 5.78 Å². The van der Waals surface area contributed by atoms with E-state index in [1.165, 1.54) is 6.42 Å². The molecule has 0 amide bonds. The van der Waals surface area contributed by atoms with Crippen molar-refractivity contribution in [1.29, 1.82) is 0 Å². The van der Waals surface area contributed by atoms with Crippen LogP contribution >= 0.6 is 0 Å². The van der Waals surface area contributed by atoms with Crippen molar-refractivity contribution in [3.05, 3.63) is 0 Å². The number of ether oxygens (including phenoxy) is 1. The maximum Gasteiger partial charge on any atom is 0.139 e. The summed E-state index contributed by atoms with van der Waals surface area (Å²) in [5.41, 5.74) is 0. The number of carbonyl (C=O) groups excluding carboxylic acids is 1. The van der Waals surface area contributed by atoms with E-state index in [1.54, 1.807) is 0 Å². The first kappa shape index (κ1) is 12.1. The molecule has 0 bridgehead atoms. The van der Waals surface area contributed by atoms with Crippen LogP contribution in [0.1, 0.15) is 46.0 Å². The second kappa shape index (κ2) is 5.31. The summed E-state index contributed by atoms with van der Waals surface area (Å²) in [5, 5.41) is 0. The summed E-state index contributed by atoms with van der Waals surface area (Å²) < 4.78 is 5.33. The van der Waals surface area contributed by atoms with Gasteiger partial charge in [-0.15, -0.1) is 0 Å². The van der Waals surface area contributed by atoms with Gasteiger partial charge in [0, 0.05) is 25.0 Å². The van der Waals surface area contributed by atoms with E-state index in [2.05, 4.69) is 13.8 Å². The number of Topliss-reactive ketones (excluding diaryl/α,β-unsaturated/α-hetero) is 1. The molecule has 1 aliphatic carbocycles. The molecule has 1 saturated heterocycles. The van der Waals surface area contributed by atoms with E-state index in [4.69, 9.17) is 4.74 Å². The van der Waals surface area contributed by atoms with Crippen LogP contribution in [0.15, 0.2) is 0 Å². The lowest BCUT2D eigenvalue weighted by atomic mass is 9.72. The smallest absolute Gasteiger partial charge is 0.139 e. The molecule has 2 heteroatoms. The molecule has 1 saturated carbocycles. The fraction of sp³-hybridized carbons (Fsp3) is 0.929. The van der Waals surface area contributed by atoms with Crippen LogP contribution in [0.2, 0.25) is 0 Å². The zero-order valence-corrected chi connectivity index (χ0v) is 10.6. The molecule has 0 spiro atoms. The minimum Gasteiger partial charge on any atom is -0.381 e. The van der Waals surface area contributed by atoms with Gasteiger partial charge in [0.05, 0.1) is 0 Å². The molecule has 2 atom stereocenters. The Morgan fingerprint density at radius 1 is 0.938 bits per heavy atom. The molecule has 0 radical (unpaired) electrons. The quantitative estimate of drug-likeness (QED) is 0.720. The Morgan fingerprint density at radius 3 is 2.06 bits per heavy atom. The first-order chi connectivity index (χ1) is 7.66. The number of hydrogen-bond donors (Lipinski definition) is 0. The summed E-state index contributed by atoms with van der Waals surface area (Å²) in [5.74, 6) is 2.66. The minimum atomic E-state index is 0.302. The maximum atomic E-state index is 12.4. The molecule has 2 fully saturated rings. The maximum absolute atomic E-state index is 12.4. The third-order valence-corrected chi connectivity index (χ3v) is 4.20. The van der Waals surface area contributed by atoms with Gasteiger partial charge in [0.2, 0.25) is 0 Å². The number of ketones is 1. The molecule has 0 aromatic heterocycles.